The van der Waals surface area contributed by atoms with E-state index in [9.17, 15) is 5.11 Å². The maximum atomic E-state index is 10.8. The molecule has 2 aliphatic carbocycles. The SMILES string of the molecule is COc1cc(CCC2C(O)CC[C@]3(C)[C@@H](OC(C)(C)C)CC[C@@H]23)cc(OC)c1. The van der Waals surface area contributed by atoms with Crippen molar-refractivity contribution in [1.82, 2.24) is 0 Å². The van der Waals surface area contributed by atoms with E-state index in [0.717, 1.165) is 50.0 Å². The highest BCUT2D eigenvalue weighted by atomic mass is 16.5. The third kappa shape index (κ3) is 4.49. The molecule has 0 spiro atoms. The molecule has 0 bridgehead atoms. The topological polar surface area (TPSA) is 47.9 Å². The van der Waals surface area contributed by atoms with Gasteiger partial charge in [-0.1, -0.05) is 6.92 Å². The Balaban J connectivity index is 1.73. The summed E-state index contributed by atoms with van der Waals surface area (Å²) in [7, 11) is 3.37. The summed E-state index contributed by atoms with van der Waals surface area (Å²) in [6.07, 6.45) is 6.19. The average Bonchev–Trinajstić information content (AvgIpc) is 2.96. The monoisotopic (exact) mass is 390 g/mol. The lowest BCUT2D eigenvalue weighted by Gasteiger charge is -2.48. The number of ether oxygens (including phenoxy) is 3. The molecule has 5 atom stereocenters. The van der Waals surface area contributed by atoms with Crippen LogP contribution in [0.4, 0.5) is 0 Å². The molecule has 1 N–H and O–H groups in total. The molecule has 1 aromatic carbocycles. The zero-order chi connectivity index (χ0) is 20.5. The Kier molecular flexibility index (Phi) is 6.31. The molecule has 3 rings (SSSR count). The molecular weight excluding hydrogens is 352 g/mol. The van der Waals surface area contributed by atoms with Crippen LogP contribution in [0.25, 0.3) is 0 Å². The van der Waals surface area contributed by atoms with Crippen molar-refractivity contribution in [1.29, 1.82) is 0 Å². The zero-order valence-corrected chi connectivity index (χ0v) is 18.5. The number of aryl methyl sites for hydroxylation is 1. The Morgan fingerprint density at radius 2 is 1.68 bits per heavy atom. The third-order valence-electron chi connectivity index (χ3n) is 6.99. The number of fused-ring (bicyclic) bond motifs is 1. The third-order valence-corrected chi connectivity index (χ3v) is 6.99. The minimum Gasteiger partial charge on any atom is -0.497 e. The molecule has 0 heterocycles. The molecule has 1 aromatic rings. The van der Waals surface area contributed by atoms with Crippen LogP contribution in [0, 0.1) is 17.3 Å². The number of aliphatic hydroxyl groups is 1. The zero-order valence-electron chi connectivity index (χ0n) is 18.5. The summed E-state index contributed by atoms with van der Waals surface area (Å²) in [6, 6.07) is 6.07. The van der Waals surface area contributed by atoms with Gasteiger partial charge in [-0.2, -0.15) is 0 Å². The van der Waals surface area contributed by atoms with E-state index >= 15 is 0 Å². The number of hydrogen-bond acceptors (Lipinski definition) is 4. The second-order valence-corrected chi connectivity index (χ2v) is 9.94. The van der Waals surface area contributed by atoms with Gasteiger partial charge in [-0.15, -0.1) is 0 Å². The first-order valence-electron chi connectivity index (χ1n) is 10.7. The van der Waals surface area contributed by atoms with Gasteiger partial charge in [0.2, 0.25) is 0 Å². The number of benzene rings is 1. The molecule has 2 aliphatic rings. The van der Waals surface area contributed by atoms with Gasteiger partial charge in [-0.25, -0.2) is 0 Å². The molecule has 0 aromatic heterocycles. The maximum Gasteiger partial charge on any atom is 0.122 e. The van der Waals surface area contributed by atoms with E-state index in [1.54, 1.807) is 14.2 Å². The Labute approximate surface area is 170 Å². The fraction of sp³-hybridized carbons (Fsp3) is 0.750. The predicted octanol–water partition coefficient (Wildman–Crippen LogP) is 5.01. The van der Waals surface area contributed by atoms with Crippen LogP contribution >= 0.6 is 0 Å². The molecule has 2 unspecified atom stereocenters. The van der Waals surface area contributed by atoms with Gasteiger partial charge < -0.3 is 19.3 Å². The lowest BCUT2D eigenvalue weighted by molar-refractivity contribution is -0.136. The molecule has 2 fully saturated rings. The highest BCUT2D eigenvalue weighted by molar-refractivity contribution is 5.38. The smallest absolute Gasteiger partial charge is 0.122 e. The van der Waals surface area contributed by atoms with Gasteiger partial charge in [0.15, 0.2) is 0 Å². The first-order chi connectivity index (χ1) is 13.2. The van der Waals surface area contributed by atoms with Crippen molar-refractivity contribution < 1.29 is 19.3 Å². The second kappa shape index (κ2) is 8.23. The fourth-order valence-corrected chi connectivity index (χ4v) is 5.58. The summed E-state index contributed by atoms with van der Waals surface area (Å²) in [5.74, 6) is 2.49. The summed E-state index contributed by atoms with van der Waals surface area (Å²) >= 11 is 0. The van der Waals surface area contributed by atoms with Gasteiger partial charge >= 0.3 is 0 Å². The van der Waals surface area contributed by atoms with E-state index in [0.29, 0.717) is 17.9 Å². The first-order valence-corrected chi connectivity index (χ1v) is 10.7. The summed E-state index contributed by atoms with van der Waals surface area (Å²) in [6.45, 7) is 8.84. The van der Waals surface area contributed by atoms with E-state index < -0.39 is 0 Å². The Morgan fingerprint density at radius 1 is 1.04 bits per heavy atom. The standard InChI is InChI=1S/C24H38O4/c1-23(2,3)28-22-10-9-20-19(21(25)11-12-24(20,22)4)8-7-16-13-17(26-5)15-18(14-16)27-6/h13-15,19-22,25H,7-12H2,1-6H3/t19?,20-,21?,22-,24-/m0/s1. The molecule has 4 nitrogen and oxygen atoms in total. The molecule has 4 heteroatoms. The fourth-order valence-electron chi connectivity index (χ4n) is 5.58. The lowest BCUT2D eigenvalue weighted by Crippen LogP contribution is -2.47. The molecule has 0 saturated heterocycles. The molecule has 2 saturated carbocycles. The van der Waals surface area contributed by atoms with Gasteiger partial charge in [-0.05, 0) is 94.2 Å². The number of rotatable bonds is 6. The predicted molar refractivity (Wildman–Crippen MR) is 112 cm³/mol. The van der Waals surface area contributed by atoms with Crippen LogP contribution < -0.4 is 9.47 Å². The van der Waals surface area contributed by atoms with Crippen LogP contribution in [0.1, 0.15) is 65.4 Å². The summed E-state index contributed by atoms with van der Waals surface area (Å²) in [5.41, 5.74) is 1.25. The van der Waals surface area contributed by atoms with Crippen molar-refractivity contribution in [3.63, 3.8) is 0 Å². The van der Waals surface area contributed by atoms with Crippen molar-refractivity contribution in [3.05, 3.63) is 23.8 Å². The molecule has 28 heavy (non-hydrogen) atoms. The van der Waals surface area contributed by atoms with Crippen molar-refractivity contribution >= 4 is 0 Å². The normalized spacial score (nSPS) is 32.8. The molecule has 0 amide bonds. The van der Waals surface area contributed by atoms with E-state index in [1.807, 2.05) is 6.07 Å². The lowest BCUT2D eigenvalue weighted by atomic mass is 9.61. The van der Waals surface area contributed by atoms with Crippen LogP contribution in [0.5, 0.6) is 11.5 Å². The summed E-state index contributed by atoms with van der Waals surface area (Å²) in [4.78, 5) is 0. The first kappa shape index (κ1) is 21.4. The van der Waals surface area contributed by atoms with E-state index in [-0.39, 0.29) is 17.1 Å². The van der Waals surface area contributed by atoms with Crippen molar-refractivity contribution in [2.24, 2.45) is 17.3 Å². The van der Waals surface area contributed by atoms with Gasteiger partial charge in [0.25, 0.3) is 0 Å². The molecule has 0 aliphatic heterocycles. The maximum absolute atomic E-state index is 10.8. The van der Waals surface area contributed by atoms with Crippen molar-refractivity contribution in [2.45, 2.75) is 84.0 Å². The van der Waals surface area contributed by atoms with Crippen molar-refractivity contribution in [2.75, 3.05) is 14.2 Å². The minimum atomic E-state index is -0.209. The van der Waals surface area contributed by atoms with Crippen LogP contribution in [-0.2, 0) is 11.2 Å². The van der Waals surface area contributed by atoms with Gasteiger partial charge in [0.1, 0.15) is 11.5 Å². The van der Waals surface area contributed by atoms with Crippen molar-refractivity contribution in [3.8, 4) is 11.5 Å². The second-order valence-electron chi connectivity index (χ2n) is 9.94. The highest BCUT2D eigenvalue weighted by Crippen LogP contribution is 2.57. The van der Waals surface area contributed by atoms with Crippen LogP contribution in [0.15, 0.2) is 18.2 Å². The largest absolute Gasteiger partial charge is 0.497 e. The highest BCUT2D eigenvalue weighted by Gasteiger charge is 2.54. The Bertz CT molecular complexity index is 643. The van der Waals surface area contributed by atoms with E-state index in [4.69, 9.17) is 14.2 Å². The van der Waals surface area contributed by atoms with E-state index in [2.05, 4.69) is 39.8 Å². The van der Waals surface area contributed by atoms with Crippen LogP contribution in [-0.4, -0.2) is 37.1 Å². The molecule has 0 radical (unpaired) electrons. The number of methoxy groups -OCH3 is 2. The molecule has 158 valence electrons. The minimum absolute atomic E-state index is 0.120. The molecular formula is C24H38O4. The Hall–Kier alpha value is -1.26. The number of aliphatic hydroxyl groups excluding tert-OH is 1. The Morgan fingerprint density at radius 3 is 2.25 bits per heavy atom. The van der Waals surface area contributed by atoms with Crippen LogP contribution in [0.2, 0.25) is 0 Å². The summed E-state index contributed by atoms with van der Waals surface area (Å²) < 4.78 is 17.3. The van der Waals surface area contributed by atoms with Gasteiger partial charge in [0, 0.05) is 6.07 Å². The average molecular weight is 391 g/mol. The number of hydrogen-bond donors (Lipinski definition) is 1. The quantitative estimate of drug-likeness (QED) is 0.742. The van der Waals surface area contributed by atoms with Crippen LogP contribution in [0.3, 0.4) is 0 Å². The van der Waals surface area contributed by atoms with Gasteiger partial charge in [0.05, 0.1) is 32.0 Å². The van der Waals surface area contributed by atoms with E-state index in [1.165, 1.54) is 5.56 Å². The summed E-state index contributed by atoms with van der Waals surface area (Å²) in [5, 5.41) is 10.8. The van der Waals surface area contributed by atoms with Gasteiger partial charge in [-0.3, -0.25) is 0 Å².